The van der Waals surface area contributed by atoms with Crippen LogP contribution in [-0.2, 0) is 0 Å². The number of nitrogens with one attached hydrogen (secondary N) is 2. The fourth-order valence-corrected chi connectivity index (χ4v) is 3.35. The summed E-state index contributed by atoms with van der Waals surface area (Å²) in [6, 6.07) is 0. The molecule has 1 aromatic rings. The zero-order chi connectivity index (χ0) is 18.2. The molecule has 3 heterocycles. The first kappa shape index (κ1) is 17.7. The van der Waals surface area contributed by atoms with E-state index in [2.05, 4.69) is 4.98 Å². The van der Waals surface area contributed by atoms with Crippen LogP contribution in [0.3, 0.4) is 0 Å². The number of hydrogen-bond donors (Lipinski definition) is 3. The molecule has 0 aromatic carbocycles. The molecule has 3 rings (SSSR count). The average molecular weight is 358 g/mol. The van der Waals surface area contributed by atoms with E-state index < -0.39 is 28.7 Å². The van der Waals surface area contributed by atoms with Crippen LogP contribution in [0.15, 0.2) is 15.8 Å². The third-order valence-corrected chi connectivity index (χ3v) is 4.77. The summed E-state index contributed by atoms with van der Waals surface area (Å²) >= 11 is 0. The van der Waals surface area contributed by atoms with Gasteiger partial charge in [0.25, 0.3) is 17.4 Å². The normalized spacial score (nSPS) is 26.8. The summed E-state index contributed by atoms with van der Waals surface area (Å²) in [6.07, 6.45) is 0.872. The van der Waals surface area contributed by atoms with Gasteiger partial charge in [0.05, 0.1) is 12.1 Å². The molecule has 138 valence electrons. The summed E-state index contributed by atoms with van der Waals surface area (Å²) in [4.78, 5) is 42.5. The number of nitrogens with zero attached hydrogens (tertiary/aromatic N) is 2. The lowest BCUT2D eigenvalue weighted by molar-refractivity contribution is -0.0720. The molecule has 2 aliphatic rings. The summed E-state index contributed by atoms with van der Waals surface area (Å²) < 4.78 is 26.4. The SMILES string of the molecule is O=C(c1c[nH]c(=O)[nH]c1=O)N1CCC(O)(CN2CCC(F)(F)CC2)C1. The Morgan fingerprint density at radius 1 is 1.20 bits per heavy atom. The van der Waals surface area contributed by atoms with E-state index in [4.69, 9.17) is 0 Å². The molecule has 10 heteroatoms. The maximum absolute atomic E-state index is 13.2. The van der Waals surface area contributed by atoms with Crippen molar-refractivity contribution >= 4 is 5.91 Å². The zero-order valence-corrected chi connectivity index (χ0v) is 13.6. The number of aliphatic hydroxyl groups is 1. The van der Waals surface area contributed by atoms with Crippen LogP contribution < -0.4 is 11.2 Å². The molecule has 1 aromatic heterocycles. The Bertz CT molecular complexity index is 767. The molecule has 0 bridgehead atoms. The summed E-state index contributed by atoms with van der Waals surface area (Å²) in [5.74, 6) is -3.24. The number of hydrogen-bond acceptors (Lipinski definition) is 5. The van der Waals surface area contributed by atoms with Crippen molar-refractivity contribution in [2.45, 2.75) is 30.8 Å². The largest absolute Gasteiger partial charge is 0.387 e. The second-order valence-corrected chi connectivity index (χ2v) is 6.82. The van der Waals surface area contributed by atoms with Gasteiger partial charge in [-0.25, -0.2) is 13.6 Å². The minimum Gasteiger partial charge on any atom is -0.387 e. The summed E-state index contributed by atoms with van der Waals surface area (Å²) in [7, 11) is 0. The number of carbonyl (C=O) groups is 1. The predicted octanol–water partition coefficient (Wildman–Crippen LogP) is -0.629. The van der Waals surface area contributed by atoms with Crippen LogP contribution in [0.5, 0.6) is 0 Å². The highest BCUT2D eigenvalue weighted by atomic mass is 19.3. The van der Waals surface area contributed by atoms with Crippen molar-refractivity contribution < 1.29 is 18.7 Å². The molecular weight excluding hydrogens is 338 g/mol. The quantitative estimate of drug-likeness (QED) is 0.667. The minimum atomic E-state index is -2.65. The third kappa shape index (κ3) is 3.96. The van der Waals surface area contributed by atoms with Crippen LogP contribution in [0, 0.1) is 0 Å². The molecule has 0 radical (unpaired) electrons. The fraction of sp³-hybridized carbons (Fsp3) is 0.667. The number of aromatic amines is 2. The standard InChI is InChI=1S/C15H20F2N4O4/c16-15(17)2-4-20(5-3-15)8-14(25)1-6-21(9-14)12(23)10-7-18-13(24)19-11(10)22/h7,25H,1-6,8-9H2,(H2,18,19,22,24). The van der Waals surface area contributed by atoms with Crippen LogP contribution in [0.4, 0.5) is 8.78 Å². The van der Waals surface area contributed by atoms with E-state index >= 15 is 0 Å². The molecule has 1 atom stereocenters. The highest BCUT2D eigenvalue weighted by Gasteiger charge is 2.42. The van der Waals surface area contributed by atoms with E-state index in [1.165, 1.54) is 4.90 Å². The van der Waals surface area contributed by atoms with Crippen molar-refractivity contribution in [2.24, 2.45) is 0 Å². The van der Waals surface area contributed by atoms with E-state index in [0.29, 0.717) is 6.42 Å². The smallest absolute Gasteiger partial charge is 0.325 e. The Balaban J connectivity index is 1.63. The molecule has 25 heavy (non-hydrogen) atoms. The number of likely N-dealkylation sites (tertiary alicyclic amines) is 2. The van der Waals surface area contributed by atoms with E-state index in [-0.39, 0.29) is 51.1 Å². The van der Waals surface area contributed by atoms with Gasteiger partial charge in [0, 0.05) is 45.2 Å². The molecule has 2 fully saturated rings. The van der Waals surface area contributed by atoms with E-state index in [9.17, 15) is 28.3 Å². The van der Waals surface area contributed by atoms with Crippen molar-refractivity contribution in [1.29, 1.82) is 0 Å². The third-order valence-electron chi connectivity index (χ3n) is 4.77. The number of aromatic nitrogens is 2. The van der Waals surface area contributed by atoms with Crippen LogP contribution in [0.2, 0.25) is 0 Å². The zero-order valence-electron chi connectivity index (χ0n) is 13.6. The first-order valence-electron chi connectivity index (χ1n) is 8.11. The lowest BCUT2D eigenvalue weighted by Crippen LogP contribution is -2.50. The minimum absolute atomic E-state index is 0.0112. The number of halogens is 2. The van der Waals surface area contributed by atoms with E-state index in [0.717, 1.165) is 6.20 Å². The average Bonchev–Trinajstić information content (AvgIpc) is 2.91. The molecule has 8 nitrogen and oxygen atoms in total. The van der Waals surface area contributed by atoms with Gasteiger partial charge in [-0.2, -0.15) is 0 Å². The topological polar surface area (TPSA) is 109 Å². The number of carbonyl (C=O) groups excluding carboxylic acids is 1. The summed E-state index contributed by atoms with van der Waals surface area (Å²) in [6.45, 7) is 0.857. The van der Waals surface area contributed by atoms with E-state index in [1.807, 2.05) is 4.98 Å². The Hall–Kier alpha value is -2.07. The molecule has 0 saturated carbocycles. The number of piperidine rings is 1. The van der Waals surface area contributed by atoms with Crippen molar-refractivity contribution in [3.63, 3.8) is 0 Å². The van der Waals surface area contributed by atoms with Crippen LogP contribution in [0.25, 0.3) is 0 Å². The Kier molecular flexibility index (Phi) is 4.50. The molecule has 2 aliphatic heterocycles. The number of rotatable bonds is 3. The first-order chi connectivity index (χ1) is 11.7. The predicted molar refractivity (Wildman–Crippen MR) is 83.8 cm³/mol. The first-order valence-corrected chi connectivity index (χ1v) is 8.11. The summed E-state index contributed by atoms with van der Waals surface area (Å²) in [5, 5.41) is 10.7. The lowest BCUT2D eigenvalue weighted by Gasteiger charge is -2.36. The highest BCUT2D eigenvalue weighted by molar-refractivity contribution is 5.93. The maximum atomic E-state index is 13.2. The Labute approximate surface area is 141 Å². The molecule has 1 unspecified atom stereocenters. The van der Waals surface area contributed by atoms with Gasteiger partial charge >= 0.3 is 5.69 Å². The number of H-pyrrole nitrogens is 2. The number of β-amino-alcohol motifs (C(OH)–C–C–N with tert-alkyl or cyclic N) is 1. The van der Waals surface area contributed by atoms with Gasteiger partial charge in [-0.3, -0.25) is 19.5 Å². The van der Waals surface area contributed by atoms with Crippen LogP contribution in [0.1, 0.15) is 29.6 Å². The van der Waals surface area contributed by atoms with Crippen molar-refractivity contribution in [1.82, 2.24) is 19.8 Å². The summed E-state index contributed by atoms with van der Waals surface area (Å²) in [5.41, 5.74) is -2.90. The number of amides is 1. The van der Waals surface area contributed by atoms with Gasteiger partial charge in [0.15, 0.2) is 0 Å². The van der Waals surface area contributed by atoms with Gasteiger partial charge in [0.2, 0.25) is 0 Å². The number of alkyl halides is 2. The van der Waals surface area contributed by atoms with Crippen molar-refractivity contribution in [3.05, 3.63) is 32.6 Å². The van der Waals surface area contributed by atoms with Gasteiger partial charge in [-0.1, -0.05) is 0 Å². The second-order valence-electron chi connectivity index (χ2n) is 6.82. The molecular formula is C15H20F2N4O4. The molecule has 0 aliphatic carbocycles. The van der Waals surface area contributed by atoms with Gasteiger partial charge < -0.3 is 15.0 Å². The molecule has 0 spiro atoms. The van der Waals surface area contributed by atoms with Crippen LogP contribution >= 0.6 is 0 Å². The highest BCUT2D eigenvalue weighted by Crippen LogP contribution is 2.30. The van der Waals surface area contributed by atoms with Gasteiger partial charge in [0.1, 0.15) is 5.56 Å². The second kappa shape index (κ2) is 6.34. The fourth-order valence-electron chi connectivity index (χ4n) is 3.35. The molecule has 2 saturated heterocycles. The van der Waals surface area contributed by atoms with Crippen molar-refractivity contribution in [3.8, 4) is 0 Å². The van der Waals surface area contributed by atoms with Crippen LogP contribution in [-0.4, -0.2) is 75.0 Å². The maximum Gasteiger partial charge on any atom is 0.325 e. The van der Waals surface area contributed by atoms with E-state index in [1.54, 1.807) is 4.90 Å². The Morgan fingerprint density at radius 2 is 1.88 bits per heavy atom. The molecule has 3 N–H and O–H groups in total. The van der Waals surface area contributed by atoms with Gasteiger partial charge in [-0.05, 0) is 6.42 Å². The van der Waals surface area contributed by atoms with Gasteiger partial charge in [-0.15, -0.1) is 0 Å². The molecule has 1 amide bonds. The lowest BCUT2D eigenvalue weighted by atomic mass is 10.00. The Morgan fingerprint density at radius 3 is 2.52 bits per heavy atom. The van der Waals surface area contributed by atoms with Crippen molar-refractivity contribution in [2.75, 3.05) is 32.7 Å². The monoisotopic (exact) mass is 358 g/mol.